The maximum Gasteiger partial charge on any atom is 0.243 e. The Morgan fingerprint density at radius 1 is 1.17 bits per heavy atom. The molecule has 7 nitrogen and oxygen atoms in total. The molecule has 0 spiro atoms. The molecule has 1 heterocycles. The monoisotopic (exact) mass is 436 g/mol. The number of fused-ring (bicyclic) bond motifs is 1. The first kappa shape index (κ1) is 24.3. The van der Waals surface area contributed by atoms with Crippen molar-refractivity contribution in [2.45, 2.75) is 72.2 Å². The number of aryl methyl sites for hydroxylation is 2. The molecule has 8 heteroatoms. The van der Waals surface area contributed by atoms with Crippen molar-refractivity contribution >= 4 is 27.0 Å². The molecule has 30 heavy (non-hydrogen) atoms. The van der Waals surface area contributed by atoms with E-state index in [-0.39, 0.29) is 16.2 Å². The zero-order valence-corrected chi connectivity index (χ0v) is 20.0. The smallest absolute Gasteiger partial charge is 0.243 e. The lowest BCUT2D eigenvalue weighted by Crippen LogP contribution is -2.30. The van der Waals surface area contributed by atoms with Gasteiger partial charge in [-0.25, -0.2) is 13.4 Å². The summed E-state index contributed by atoms with van der Waals surface area (Å²) in [5.74, 6) is 0.814. The Labute approximate surface area is 180 Å². The second kappa shape index (κ2) is 9.92. The second-order valence-corrected chi connectivity index (χ2v) is 10.6. The molecule has 1 aromatic heterocycles. The van der Waals surface area contributed by atoms with Crippen molar-refractivity contribution in [1.29, 1.82) is 0 Å². The molecule has 2 aromatic rings. The number of nitrogens with zero attached hydrogens (tertiary/aromatic N) is 3. The van der Waals surface area contributed by atoms with Crippen molar-refractivity contribution in [3.63, 3.8) is 0 Å². The summed E-state index contributed by atoms with van der Waals surface area (Å²) >= 11 is 0. The summed E-state index contributed by atoms with van der Waals surface area (Å²) in [6.07, 6.45) is 1.80. The van der Waals surface area contributed by atoms with E-state index in [1.807, 2.05) is 31.4 Å². The predicted molar refractivity (Wildman–Crippen MR) is 121 cm³/mol. The number of sulfonamides is 1. The van der Waals surface area contributed by atoms with E-state index in [2.05, 4.69) is 31.1 Å². The summed E-state index contributed by atoms with van der Waals surface area (Å²) < 4.78 is 29.1. The number of nitrogens with one attached hydrogen (secondary N) is 1. The minimum atomic E-state index is -3.53. The number of aromatic nitrogens is 2. The number of amides is 1. The number of imidazole rings is 1. The van der Waals surface area contributed by atoms with Gasteiger partial charge in [0.05, 0.1) is 15.9 Å². The van der Waals surface area contributed by atoms with Crippen LogP contribution in [0.4, 0.5) is 0 Å². The topological polar surface area (TPSA) is 84.3 Å². The Morgan fingerprint density at radius 3 is 2.40 bits per heavy atom. The summed E-state index contributed by atoms with van der Waals surface area (Å²) in [7, 11) is -3.53. The molecule has 1 N–H and O–H groups in total. The molecule has 0 saturated carbocycles. The van der Waals surface area contributed by atoms with Crippen molar-refractivity contribution in [2.75, 3.05) is 19.6 Å². The van der Waals surface area contributed by atoms with E-state index in [0.717, 1.165) is 17.8 Å². The molecule has 1 aromatic carbocycles. The Bertz CT molecular complexity index is 970. The van der Waals surface area contributed by atoms with Gasteiger partial charge in [0, 0.05) is 39.0 Å². The van der Waals surface area contributed by atoms with Crippen LogP contribution in [0.2, 0.25) is 0 Å². The van der Waals surface area contributed by atoms with Gasteiger partial charge in [0.15, 0.2) is 0 Å². The summed E-state index contributed by atoms with van der Waals surface area (Å²) in [5.41, 5.74) is 1.72. The Kier molecular flexibility index (Phi) is 8.05. The zero-order valence-electron chi connectivity index (χ0n) is 19.2. The van der Waals surface area contributed by atoms with Gasteiger partial charge in [-0.15, -0.1) is 0 Å². The van der Waals surface area contributed by atoms with E-state index in [1.165, 1.54) is 4.31 Å². The highest BCUT2D eigenvalue weighted by molar-refractivity contribution is 7.89. The number of benzene rings is 1. The van der Waals surface area contributed by atoms with Crippen LogP contribution in [0.5, 0.6) is 0 Å². The lowest BCUT2D eigenvalue weighted by Gasteiger charge is -2.18. The van der Waals surface area contributed by atoms with Crippen LogP contribution < -0.4 is 5.32 Å². The molecular weight excluding hydrogens is 400 g/mol. The van der Waals surface area contributed by atoms with Crippen molar-refractivity contribution in [3.8, 4) is 0 Å². The summed E-state index contributed by atoms with van der Waals surface area (Å²) in [5, 5.41) is 2.97. The Hall–Kier alpha value is -1.93. The summed E-state index contributed by atoms with van der Waals surface area (Å²) in [4.78, 5) is 17.1. The van der Waals surface area contributed by atoms with Crippen LogP contribution in [0.25, 0.3) is 11.0 Å². The third kappa shape index (κ3) is 5.82. The van der Waals surface area contributed by atoms with E-state index in [9.17, 15) is 13.2 Å². The average molecular weight is 437 g/mol. The lowest BCUT2D eigenvalue weighted by atomic mass is 9.92. The highest BCUT2D eigenvalue weighted by Gasteiger charge is 2.23. The fraction of sp³-hybridized carbons (Fsp3) is 0.636. The number of rotatable bonds is 10. The van der Waals surface area contributed by atoms with Crippen LogP contribution >= 0.6 is 0 Å². The summed E-state index contributed by atoms with van der Waals surface area (Å²) in [6, 6.07) is 5.10. The number of carbonyl (C=O) groups is 1. The molecule has 0 fully saturated rings. The van der Waals surface area contributed by atoms with Gasteiger partial charge >= 0.3 is 0 Å². The molecule has 0 atom stereocenters. The van der Waals surface area contributed by atoms with Gasteiger partial charge in [0.1, 0.15) is 5.82 Å². The molecule has 0 bridgehead atoms. The number of carbonyl (C=O) groups excluding carboxylic acids is 1. The van der Waals surface area contributed by atoms with Gasteiger partial charge in [-0.05, 0) is 37.0 Å². The SMILES string of the molecule is CCN(CC)S(=O)(=O)c1ccc2c(c1)nc(CCC(=O)NCCC(C)(C)C)n2CC. The Morgan fingerprint density at radius 2 is 1.83 bits per heavy atom. The van der Waals surface area contributed by atoms with Gasteiger partial charge in [-0.1, -0.05) is 34.6 Å². The first-order chi connectivity index (χ1) is 14.0. The molecule has 0 saturated heterocycles. The molecular formula is C22H36N4O3S. The molecule has 0 unspecified atom stereocenters. The van der Waals surface area contributed by atoms with Crippen molar-refractivity contribution < 1.29 is 13.2 Å². The van der Waals surface area contributed by atoms with Crippen LogP contribution in [0, 0.1) is 5.41 Å². The predicted octanol–water partition coefficient (Wildman–Crippen LogP) is 3.57. The van der Waals surface area contributed by atoms with Gasteiger partial charge in [-0.2, -0.15) is 4.31 Å². The number of hydrogen-bond donors (Lipinski definition) is 1. The van der Waals surface area contributed by atoms with Crippen molar-refractivity contribution in [2.24, 2.45) is 5.41 Å². The van der Waals surface area contributed by atoms with Gasteiger partial charge in [0.25, 0.3) is 0 Å². The second-order valence-electron chi connectivity index (χ2n) is 8.67. The van der Waals surface area contributed by atoms with E-state index < -0.39 is 10.0 Å². The largest absolute Gasteiger partial charge is 0.356 e. The first-order valence-corrected chi connectivity index (χ1v) is 12.2. The molecule has 168 valence electrons. The highest BCUT2D eigenvalue weighted by atomic mass is 32.2. The minimum absolute atomic E-state index is 0.0127. The van der Waals surface area contributed by atoms with Crippen LogP contribution in [0.1, 0.15) is 60.2 Å². The van der Waals surface area contributed by atoms with Gasteiger partial charge in [0.2, 0.25) is 15.9 Å². The Balaban J connectivity index is 2.19. The third-order valence-corrected chi connectivity index (χ3v) is 7.28. The first-order valence-electron chi connectivity index (χ1n) is 10.8. The zero-order chi connectivity index (χ0) is 22.5. The molecule has 1 amide bonds. The van der Waals surface area contributed by atoms with Gasteiger partial charge < -0.3 is 9.88 Å². The van der Waals surface area contributed by atoms with E-state index in [4.69, 9.17) is 0 Å². The highest BCUT2D eigenvalue weighted by Crippen LogP contribution is 2.23. The molecule has 0 aliphatic carbocycles. The average Bonchev–Trinajstić information content (AvgIpc) is 3.02. The van der Waals surface area contributed by atoms with E-state index >= 15 is 0 Å². The third-order valence-electron chi connectivity index (χ3n) is 5.23. The van der Waals surface area contributed by atoms with Gasteiger partial charge in [-0.3, -0.25) is 4.79 Å². The molecule has 0 aliphatic heterocycles. The quantitative estimate of drug-likeness (QED) is 0.617. The van der Waals surface area contributed by atoms with E-state index in [0.29, 0.717) is 44.5 Å². The van der Waals surface area contributed by atoms with Crippen LogP contribution in [0.3, 0.4) is 0 Å². The minimum Gasteiger partial charge on any atom is -0.356 e. The fourth-order valence-electron chi connectivity index (χ4n) is 3.47. The fourth-order valence-corrected chi connectivity index (χ4v) is 4.95. The summed E-state index contributed by atoms with van der Waals surface area (Å²) in [6.45, 7) is 14.4. The van der Waals surface area contributed by atoms with Crippen LogP contribution in [-0.4, -0.2) is 47.8 Å². The maximum absolute atomic E-state index is 12.8. The molecule has 2 rings (SSSR count). The van der Waals surface area contributed by atoms with Crippen molar-refractivity contribution in [1.82, 2.24) is 19.2 Å². The lowest BCUT2D eigenvalue weighted by molar-refractivity contribution is -0.121. The molecule has 0 aliphatic rings. The van der Waals surface area contributed by atoms with E-state index in [1.54, 1.807) is 12.1 Å². The van der Waals surface area contributed by atoms with Crippen LogP contribution in [0.15, 0.2) is 23.1 Å². The maximum atomic E-state index is 12.8. The standard InChI is InChI=1S/C22H36N4O3S/c1-7-25(8-2)30(28,29)17-10-11-19-18(16-17)24-20(26(19)9-3)12-13-21(27)23-15-14-22(4,5)6/h10-11,16H,7-9,12-15H2,1-6H3,(H,23,27). The molecule has 0 radical (unpaired) electrons. The number of hydrogen-bond acceptors (Lipinski definition) is 4. The normalized spacial score (nSPS) is 12.6. The van der Waals surface area contributed by atoms with Crippen LogP contribution in [-0.2, 0) is 27.8 Å². The van der Waals surface area contributed by atoms with Crippen molar-refractivity contribution in [3.05, 3.63) is 24.0 Å².